The number of nitrogens with one attached hydrogen (secondary N) is 1. The first-order valence-corrected chi connectivity index (χ1v) is 8.48. The summed E-state index contributed by atoms with van der Waals surface area (Å²) < 4.78 is 16.1. The Morgan fingerprint density at radius 2 is 1.88 bits per heavy atom. The molecule has 26 heavy (non-hydrogen) atoms. The molecule has 2 heterocycles. The van der Waals surface area contributed by atoms with Crippen molar-refractivity contribution in [1.29, 1.82) is 0 Å². The number of likely N-dealkylation sites (tertiary alicyclic amines) is 1. The van der Waals surface area contributed by atoms with Crippen molar-refractivity contribution in [2.24, 2.45) is 0 Å². The molecule has 8 heteroatoms. The minimum atomic E-state index is -0.975. The molecule has 2 aliphatic heterocycles. The van der Waals surface area contributed by atoms with Gasteiger partial charge in [0.15, 0.2) is 5.79 Å². The molecule has 2 saturated heterocycles. The standard InChI is InChI=1S/C18H22N2O6/c1-12(19-15(21)13-6-4-3-5-7-13)16(22)20-11-18(25-8-9-26-18)10-14(20)17(23)24-2/h3-7,12,14H,8-11H2,1-2H3,(H,19,21)/t12-,14+/m1/s1. The summed E-state index contributed by atoms with van der Waals surface area (Å²) in [5.41, 5.74) is 0.456. The van der Waals surface area contributed by atoms with Crippen molar-refractivity contribution < 1.29 is 28.6 Å². The third-order valence-electron chi connectivity index (χ3n) is 4.62. The van der Waals surface area contributed by atoms with Crippen LogP contribution in [0.2, 0.25) is 0 Å². The van der Waals surface area contributed by atoms with Crippen molar-refractivity contribution >= 4 is 17.8 Å². The maximum atomic E-state index is 12.9. The van der Waals surface area contributed by atoms with Crippen LogP contribution in [0.1, 0.15) is 23.7 Å². The zero-order valence-electron chi connectivity index (χ0n) is 14.8. The van der Waals surface area contributed by atoms with E-state index in [1.807, 2.05) is 0 Å². The fourth-order valence-corrected chi connectivity index (χ4v) is 3.30. The Kier molecular flexibility index (Phi) is 5.24. The van der Waals surface area contributed by atoms with Gasteiger partial charge >= 0.3 is 5.97 Å². The Morgan fingerprint density at radius 1 is 1.23 bits per heavy atom. The van der Waals surface area contributed by atoms with Gasteiger partial charge in [-0.05, 0) is 19.1 Å². The quantitative estimate of drug-likeness (QED) is 0.776. The van der Waals surface area contributed by atoms with Gasteiger partial charge in [0.25, 0.3) is 5.91 Å². The topological polar surface area (TPSA) is 94.2 Å². The number of benzene rings is 1. The SMILES string of the molecule is COC(=O)[C@@H]1CC2(CN1C(=O)[C@@H](C)NC(=O)c1ccccc1)OCCO2. The highest BCUT2D eigenvalue weighted by Gasteiger charge is 2.53. The van der Waals surface area contributed by atoms with Crippen LogP contribution in [0.25, 0.3) is 0 Å². The zero-order valence-corrected chi connectivity index (χ0v) is 14.8. The summed E-state index contributed by atoms with van der Waals surface area (Å²) in [4.78, 5) is 38.6. The van der Waals surface area contributed by atoms with Crippen LogP contribution in [0.5, 0.6) is 0 Å². The van der Waals surface area contributed by atoms with Crippen LogP contribution in [-0.4, -0.2) is 67.4 Å². The minimum Gasteiger partial charge on any atom is -0.467 e. The van der Waals surface area contributed by atoms with Gasteiger partial charge in [-0.15, -0.1) is 0 Å². The summed E-state index contributed by atoms with van der Waals surface area (Å²) in [6.07, 6.45) is 0.213. The molecule has 2 fully saturated rings. The number of carbonyl (C=O) groups excluding carboxylic acids is 3. The molecule has 0 unspecified atom stereocenters. The Labute approximate surface area is 151 Å². The predicted molar refractivity (Wildman–Crippen MR) is 90.1 cm³/mol. The van der Waals surface area contributed by atoms with Crippen LogP contribution in [-0.2, 0) is 23.8 Å². The Morgan fingerprint density at radius 3 is 2.50 bits per heavy atom. The molecule has 0 saturated carbocycles. The molecule has 1 aromatic rings. The van der Waals surface area contributed by atoms with Crippen molar-refractivity contribution in [2.45, 2.75) is 31.2 Å². The second-order valence-electron chi connectivity index (χ2n) is 6.38. The van der Waals surface area contributed by atoms with E-state index in [1.165, 1.54) is 12.0 Å². The van der Waals surface area contributed by atoms with Gasteiger partial charge < -0.3 is 24.4 Å². The Balaban J connectivity index is 1.71. The normalized spacial score (nSPS) is 22.2. The first-order valence-electron chi connectivity index (χ1n) is 8.48. The van der Waals surface area contributed by atoms with Gasteiger partial charge in [0.2, 0.25) is 5.91 Å². The third kappa shape index (κ3) is 3.56. The van der Waals surface area contributed by atoms with Crippen molar-refractivity contribution in [2.75, 3.05) is 26.9 Å². The molecular formula is C18H22N2O6. The van der Waals surface area contributed by atoms with Crippen molar-refractivity contribution in [3.63, 3.8) is 0 Å². The lowest BCUT2D eigenvalue weighted by molar-refractivity contribution is -0.153. The van der Waals surface area contributed by atoms with E-state index >= 15 is 0 Å². The van der Waals surface area contributed by atoms with Gasteiger partial charge in [0.05, 0.1) is 26.9 Å². The summed E-state index contributed by atoms with van der Waals surface area (Å²) in [5.74, 6) is -2.25. The van der Waals surface area contributed by atoms with Crippen molar-refractivity contribution in [3.05, 3.63) is 35.9 Å². The fraction of sp³-hybridized carbons (Fsp3) is 0.500. The molecule has 2 amide bonds. The molecule has 0 aliphatic carbocycles. The fourth-order valence-electron chi connectivity index (χ4n) is 3.30. The van der Waals surface area contributed by atoms with Crippen LogP contribution >= 0.6 is 0 Å². The number of esters is 1. The average molecular weight is 362 g/mol. The number of carbonyl (C=O) groups is 3. The number of hydrogen-bond acceptors (Lipinski definition) is 6. The van der Waals surface area contributed by atoms with Crippen molar-refractivity contribution in [1.82, 2.24) is 10.2 Å². The van der Waals surface area contributed by atoms with Gasteiger partial charge in [0.1, 0.15) is 12.1 Å². The van der Waals surface area contributed by atoms with E-state index in [9.17, 15) is 14.4 Å². The van der Waals surface area contributed by atoms with E-state index in [4.69, 9.17) is 14.2 Å². The summed E-state index contributed by atoms with van der Waals surface area (Å²) in [7, 11) is 1.27. The molecule has 0 aromatic heterocycles. The molecule has 8 nitrogen and oxygen atoms in total. The van der Waals surface area contributed by atoms with E-state index in [1.54, 1.807) is 37.3 Å². The lowest BCUT2D eigenvalue weighted by atomic mass is 10.1. The molecule has 1 spiro atoms. The molecule has 1 N–H and O–H groups in total. The van der Waals surface area contributed by atoms with Gasteiger partial charge in [-0.25, -0.2) is 4.79 Å². The largest absolute Gasteiger partial charge is 0.467 e. The molecule has 0 bridgehead atoms. The number of methoxy groups -OCH3 is 1. The van der Waals surface area contributed by atoms with E-state index in [0.29, 0.717) is 18.8 Å². The average Bonchev–Trinajstić information content (AvgIpc) is 3.28. The molecular weight excluding hydrogens is 340 g/mol. The van der Waals surface area contributed by atoms with E-state index in [0.717, 1.165) is 0 Å². The summed E-state index contributed by atoms with van der Waals surface area (Å²) in [6.45, 7) is 2.53. The Hall–Kier alpha value is -2.45. The number of hydrogen-bond donors (Lipinski definition) is 1. The highest BCUT2D eigenvalue weighted by molar-refractivity contribution is 5.98. The second-order valence-corrected chi connectivity index (χ2v) is 6.38. The first-order chi connectivity index (χ1) is 12.5. The number of ether oxygens (including phenoxy) is 3. The van der Waals surface area contributed by atoms with E-state index < -0.39 is 23.8 Å². The van der Waals surface area contributed by atoms with Gasteiger partial charge in [-0.1, -0.05) is 18.2 Å². The molecule has 2 aliphatic rings. The van der Waals surface area contributed by atoms with Crippen molar-refractivity contribution in [3.8, 4) is 0 Å². The van der Waals surface area contributed by atoms with Crippen LogP contribution in [0, 0.1) is 0 Å². The third-order valence-corrected chi connectivity index (χ3v) is 4.62. The maximum Gasteiger partial charge on any atom is 0.328 e. The monoisotopic (exact) mass is 362 g/mol. The molecule has 1 aromatic carbocycles. The van der Waals surface area contributed by atoms with Crippen LogP contribution < -0.4 is 5.32 Å². The highest BCUT2D eigenvalue weighted by Crippen LogP contribution is 2.35. The molecule has 0 radical (unpaired) electrons. The minimum absolute atomic E-state index is 0.122. The van der Waals surface area contributed by atoms with E-state index in [2.05, 4.69) is 5.32 Å². The number of nitrogens with zero attached hydrogens (tertiary/aromatic N) is 1. The highest BCUT2D eigenvalue weighted by atomic mass is 16.7. The molecule has 140 valence electrons. The lowest BCUT2D eigenvalue weighted by Crippen LogP contribution is -2.51. The van der Waals surface area contributed by atoms with Crippen LogP contribution in [0.4, 0.5) is 0 Å². The summed E-state index contributed by atoms with van der Waals surface area (Å²) in [6, 6.07) is 7.00. The molecule has 2 atom stereocenters. The first kappa shape index (κ1) is 18.3. The van der Waals surface area contributed by atoms with E-state index in [-0.39, 0.29) is 24.8 Å². The summed E-state index contributed by atoms with van der Waals surface area (Å²) in [5, 5.41) is 2.67. The van der Waals surface area contributed by atoms with Gasteiger partial charge in [-0.2, -0.15) is 0 Å². The smallest absolute Gasteiger partial charge is 0.328 e. The predicted octanol–water partition coefficient (Wildman–Crippen LogP) is 0.322. The lowest BCUT2D eigenvalue weighted by Gasteiger charge is -2.26. The van der Waals surface area contributed by atoms with Gasteiger partial charge in [0, 0.05) is 12.0 Å². The van der Waals surface area contributed by atoms with Crippen LogP contribution in [0.3, 0.4) is 0 Å². The zero-order chi connectivity index (χ0) is 18.7. The maximum absolute atomic E-state index is 12.9. The van der Waals surface area contributed by atoms with Gasteiger partial charge in [-0.3, -0.25) is 9.59 Å². The summed E-state index contributed by atoms with van der Waals surface area (Å²) >= 11 is 0. The Bertz CT molecular complexity index is 686. The second kappa shape index (κ2) is 7.43. The number of rotatable bonds is 4. The molecule has 3 rings (SSSR count). The number of amides is 2. The van der Waals surface area contributed by atoms with Crippen LogP contribution in [0.15, 0.2) is 30.3 Å².